The first kappa shape index (κ1) is 20.3. The van der Waals surface area contributed by atoms with Crippen molar-refractivity contribution in [1.29, 1.82) is 0 Å². The second-order valence-corrected chi connectivity index (χ2v) is 8.70. The zero-order chi connectivity index (χ0) is 19.3. The van der Waals surface area contributed by atoms with Crippen molar-refractivity contribution in [1.82, 2.24) is 15.1 Å². The van der Waals surface area contributed by atoms with Crippen LogP contribution in [0.15, 0.2) is 30.3 Å². The van der Waals surface area contributed by atoms with Gasteiger partial charge in [0.25, 0.3) is 0 Å². The van der Waals surface area contributed by atoms with Crippen LogP contribution in [0.25, 0.3) is 0 Å². The van der Waals surface area contributed by atoms with E-state index in [0.29, 0.717) is 6.54 Å². The Balaban J connectivity index is 2.07. The van der Waals surface area contributed by atoms with Crippen LogP contribution in [-0.2, 0) is 4.79 Å². The summed E-state index contributed by atoms with van der Waals surface area (Å²) in [6.45, 7) is 7.79. The van der Waals surface area contributed by atoms with Gasteiger partial charge in [0.05, 0.1) is 12.0 Å². The van der Waals surface area contributed by atoms with E-state index in [9.17, 15) is 9.59 Å². The van der Waals surface area contributed by atoms with E-state index in [1.165, 1.54) is 0 Å². The number of hydrogen-bond acceptors (Lipinski definition) is 2. The lowest BCUT2D eigenvalue weighted by Gasteiger charge is -2.35. The number of nitrogens with one attached hydrogen (secondary N) is 1. The minimum atomic E-state index is -0.140. The number of benzene rings is 1. The number of hydrogen-bond donors (Lipinski definition) is 1. The molecule has 1 aromatic rings. The lowest BCUT2D eigenvalue weighted by Crippen LogP contribution is -2.49. The summed E-state index contributed by atoms with van der Waals surface area (Å²) < 4.78 is 0. The number of rotatable bonds is 4. The van der Waals surface area contributed by atoms with E-state index >= 15 is 0 Å². The molecule has 0 spiro atoms. The topological polar surface area (TPSA) is 52.7 Å². The lowest BCUT2D eigenvalue weighted by molar-refractivity contribution is -0.127. The molecule has 0 aromatic heterocycles. The Morgan fingerprint density at radius 3 is 2.46 bits per heavy atom. The molecule has 0 bridgehead atoms. The van der Waals surface area contributed by atoms with Gasteiger partial charge in [0, 0.05) is 27.2 Å². The summed E-state index contributed by atoms with van der Waals surface area (Å²) in [7, 11) is 3.50. The standard InChI is InChI=1S/C21H33N3O2/c1-21(2,3)14-18(16-10-7-6-8-11-16)22-19(25)17-12-9-13-24(15-17)20(26)23(4)5/h6-8,10-11,17-18H,9,12-15H2,1-5H3,(H,22,25)/t17-,18+/m1/s1. The predicted octanol–water partition coefficient (Wildman–Crippen LogP) is 3.67. The molecular weight excluding hydrogens is 326 g/mol. The van der Waals surface area contributed by atoms with Crippen LogP contribution in [0.1, 0.15) is 51.6 Å². The Kier molecular flexibility index (Phi) is 6.68. The van der Waals surface area contributed by atoms with Crippen molar-refractivity contribution in [2.24, 2.45) is 11.3 Å². The maximum Gasteiger partial charge on any atom is 0.319 e. The van der Waals surface area contributed by atoms with Gasteiger partial charge in [-0.15, -0.1) is 0 Å². The summed E-state index contributed by atoms with van der Waals surface area (Å²) in [5, 5.41) is 3.26. The number of carbonyl (C=O) groups is 2. The van der Waals surface area contributed by atoms with Crippen molar-refractivity contribution in [3.63, 3.8) is 0 Å². The van der Waals surface area contributed by atoms with Crippen LogP contribution >= 0.6 is 0 Å². The minimum absolute atomic E-state index is 0.0105. The first-order chi connectivity index (χ1) is 12.2. The summed E-state index contributed by atoms with van der Waals surface area (Å²) >= 11 is 0. The highest BCUT2D eigenvalue weighted by atomic mass is 16.2. The average molecular weight is 360 g/mol. The fourth-order valence-electron chi connectivity index (χ4n) is 3.49. The molecule has 1 aliphatic rings. The number of nitrogens with zero attached hydrogens (tertiary/aromatic N) is 2. The van der Waals surface area contributed by atoms with Crippen molar-refractivity contribution in [3.8, 4) is 0 Å². The fourth-order valence-corrected chi connectivity index (χ4v) is 3.49. The van der Waals surface area contributed by atoms with Crippen molar-refractivity contribution in [2.45, 2.75) is 46.1 Å². The zero-order valence-electron chi connectivity index (χ0n) is 16.8. The molecular formula is C21H33N3O2. The fraction of sp³-hybridized carbons (Fsp3) is 0.619. The second kappa shape index (κ2) is 8.56. The number of piperidine rings is 1. The molecule has 0 radical (unpaired) electrons. The third-order valence-electron chi connectivity index (χ3n) is 4.78. The van der Waals surface area contributed by atoms with Gasteiger partial charge in [-0.2, -0.15) is 0 Å². The quantitative estimate of drug-likeness (QED) is 0.892. The third kappa shape index (κ3) is 5.75. The molecule has 0 saturated carbocycles. The Labute approximate surface area is 157 Å². The van der Waals surface area contributed by atoms with Crippen LogP contribution in [0, 0.1) is 11.3 Å². The molecule has 0 aliphatic carbocycles. The maximum atomic E-state index is 12.9. The molecule has 1 N–H and O–H groups in total. The zero-order valence-corrected chi connectivity index (χ0v) is 16.8. The van der Waals surface area contributed by atoms with E-state index in [2.05, 4.69) is 38.2 Å². The summed E-state index contributed by atoms with van der Waals surface area (Å²) in [6.07, 6.45) is 2.57. The number of urea groups is 1. The van der Waals surface area contributed by atoms with Gasteiger partial charge in [-0.1, -0.05) is 51.1 Å². The second-order valence-electron chi connectivity index (χ2n) is 8.70. The normalized spacial score (nSPS) is 19.0. The highest BCUT2D eigenvalue weighted by molar-refractivity contribution is 5.81. The minimum Gasteiger partial charge on any atom is -0.349 e. The molecule has 2 rings (SSSR count). The van der Waals surface area contributed by atoms with Crippen molar-refractivity contribution < 1.29 is 9.59 Å². The van der Waals surface area contributed by atoms with E-state index in [-0.39, 0.29) is 29.3 Å². The van der Waals surface area contributed by atoms with E-state index in [0.717, 1.165) is 31.4 Å². The van der Waals surface area contributed by atoms with Crippen molar-refractivity contribution in [2.75, 3.05) is 27.2 Å². The van der Waals surface area contributed by atoms with Crippen LogP contribution in [0.2, 0.25) is 0 Å². The van der Waals surface area contributed by atoms with Gasteiger partial charge in [0.2, 0.25) is 5.91 Å². The molecule has 0 unspecified atom stereocenters. The van der Waals surface area contributed by atoms with Crippen LogP contribution in [0.3, 0.4) is 0 Å². The SMILES string of the molecule is CN(C)C(=O)N1CCC[C@@H](C(=O)N[C@@H](CC(C)(C)C)c2ccccc2)C1. The Morgan fingerprint density at radius 1 is 1.23 bits per heavy atom. The first-order valence-corrected chi connectivity index (χ1v) is 9.49. The summed E-state index contributed by atoms with van der Waals surface area (Å²) in [5.74, 6) is -0.0850. The summed E-state index contributed by atoms with van der Waals surface area (Å²) in [6, 6.07) is 10.1. The van der Waals surface area contributed by atoms with Crippen LogP contribution in [0.5, 0.6) is 0 Å². The smallest absolute Gasteiger partial charge is 0.319 e. The first-order valence-electron chi connectivity index (χ1n) is 9.49. The third-order valence-corrected chi connectivity index (χ3v) is 4.78. The molecule has 1 heterocycles. The molecule has 144 valence electrons. The molecule has 2 atom stereocenters. The summed E-state index contributed by atoms with van der Waals surface area (Å²) in [4.78, 5) is 28.5. The predicted molar refractivity (Wildman–Crippen MR) is 105 cm³/mol. The average Bonchev–Trinajstić information content (AvgIpc) is 2.60. The van der Waals surface area contributed by atoms with Gasteiger partial charge in [-0.3, -0.25) is 4.79 Å². The highest BCUT2D eigenvalue weighted by Gasteiger charge is 2.31. The van der Waals surface area contributed by atoms with E-state index in [1.54, 1.807) is 23.9 Å². The number of likely N-dealkylation sites (tertiary alicyclic amines) is 1. The highest BCUT2D eigenvalue weighted by Crippen LogP contribution is 2.30. The monoisotopic (exact) mass is 359 g/mol. The molecule has 3 amide bonds. The van der Waals surface area contributed by atoms with Crippen LogP contribution in [0.4, 0.5) is 4.79 Å². The Morgan fingerprint density at radius 2 is 1.88 bits per heavy atom. The molecule has 1 aliphatic heterocycles. The molecule has 26 heavy (non-hydrogen) atoms. The molecule has 5 nitrogen and oxygen atoms in total. The molecule has 1 fully saturated rings. The summed E-state index contributed by atoms with van der Waals surface area (Å²) in [5.41, 5.74) is 1.24. The van der Waals surface area contributed by atoms with E-state index in [1.807, 2.05) is 18.2 Å². The van der Waals surface area contributed by atoms with Gasteiger partial charge in [-0.25, -0.2) is 4.79 Å². The molecule has 5 heteroatoms. The number of carbonyl (C=O) groups excluding carboxylic acids is 2. The van der Waals surface area contributed by atoms with Crippen molar-refractivity contribution >= 4 is 11.9 Å². The lowest BCUT2D eigenvalue weighted by atomic mass is 9.85. The Bertz CT molecular complexity index is 607. The molecule has 1 saturated heterocycles. The van der Waals surface area contributed by atoms with Crippen LogP contribution < -0.4 is 5.32 Å². The van der Waals surface area contributed by atoms with E-state index in [4.69, 9.17) is 0 Å². The van der Waals surface area contributed by atoms with Gasteiger partial charge in [0.15, 0.2) is 0 Å². The maximum absolute atomic E-state index is 12.9. The molecule has 1 aromatic carbocycles. The number of amides is 3. The van der Waals surface area contributed by atoms with E-state index < -0.39 is 0 Å². The van der Waals surface area contributed by atoms with Gasteiger partial charge in [0.1, 0.15) is 0 Å². The van der Waals surface area contributed by atoms with Gasteiger partial charge >= 0.3 is 6.03 Å². The van der Waals surface area contributed by atoms with Crippen molar-refractivity contribution in [3.05, 3.63) is 35.9 Å². The van der Waals surface area contributed by atoms with Gasteiger partial charge < -0.3 is 15.1 Å². The van der Waals surface area contributed by atoms with Crippen LogP contribution in [-0.4, -0.2) is 48.9 Å². The largest absolute Gasteiger partial charge is 0.349 e. The van der Waals surface area contributed by atoms with Gasteiger partial charge in [-0.05, 0) is 30.2 Å². The Hall–Kier alpha value is -2.04.